The first-order valence-electron chi connectivity index (χ1n) is 7.99. The van der Waals surface area contributed by atoms with Crippen molar-refractivity contribution in [1.82, 2.24) is 5.43 Å². The molecule has 1 N–H and O–H groups in total. The normalized spacial score (nSPS) is 16.4. The van der Waals surface area contributed by atoms with Crippen LogP contribution in [0.5, 0.6) is 0 Å². The van der Waals surface area contributed by atoms with Crippen LogP contribution in [0, 0.1) is 0 Å². The van der Waals surface area contributed by atoms with Gasteiger partial charge in [-0.1, -0.05) is 18.2 Å². The standard InChI is InChI=1S/C18H21N3O3S/c1-13-11-15-12-14(9-10-17(15)21(13)25(3,23)24)18(22)19-20(2)16-7-5-4-6-8-16/h4-10,12-13H,11H2,1-3H3,(H,19,22)/t13-/m1/s1. The van der Waals surface area contributed by atoms with E-state index in [2.05, 4.69) is 5.43 Å². The van der Waals surface area contributed by atoms with Crippen molar-refractivity contribution < 1.29 is 13.2 Å². The van der Waals surface area contributed by atoms with Crippen LogP contribution in [0.1, 0.15) is 22.8 Å². The number of fused-ring (bicyclic) bond motifs is 1. The van der Waals surface area contributed by atoms with Crippen LogP contribution in [-0.2, 0) is 16.4 Å². The molecule has 0 fully saturated rings. The third kappa shape index (κ3) is 3.46. The number of anilines is 2. The molecule has 132 valence electrons. The minimum atomic E-state index is -3.33. The Bertz CT molecular complexity index is 897. The van der Waals surface area contributed by atoms with Crippen molar-refractivity contribution in [3.05, 3.63) is 59.7 Å². The number of nitrogens with zero attached hydrogens (tertiary/aromatic N) is 2. The maximum absolute atomic E-state index is 12.5. The van der Waals surface area contributed by atoms with Gasteiger partial charge in [-0.05, 0) is 49.2 Å². The number of para-hydroxylation sites is 1. The lowest BCUT2D eigenvalue weighted by Gasteiger charge is -2.22. The summed E-state index contributed by atoms with van der Waals surface area (Å²) in [6.07, 6.45) is 1.80. The van der Waals surface area contributed by atoms with Gasteiger partial charge in [-0.25, -0.2) is 8.42 Å². The monoisotopic (exact) mass is 359 g/mol. The van der Waals surface area contributed by atoms with E-state index in [9.17, 15) is 13.2 Å². The third-order valence-electron chi connectivity index (χ3n) is 4.26. The highest BCUT2D eigenvalue weighted by atomic mass is 32.2. The third-order valence-corrected chi connectivity index (χ3v) is 5.54. The molecule has 6 nitrogen and oxygen atoms in total. The maximum atomic E-state index is 12.5. The number of sulfonamides is 1. The number of amides is 1. The van der Waals surface area contributed by atoms with Crippen molar-refractivity contribution in [3.63, 3.8) is 0 Å². The van der Waals surface area contributed by atoms with Crippen LogP contribution < -0.4 is 14.7 Å². The van der Waals surface area contributed by atoms with Gasteiger partial charge in [0.15, 0.2) is 0 Å². The van der Waals surface area contributed by atoms with Crippen LogP contribution in [0.3, 0.4) is 0 Å². The SMILES string of the molecule is C[C@@H]1Cc2cc(C(=O)NN(C)c3ccccc3)ccc2N1S(C)(=O)=O. The van der Waals surface area contributed by atoms with E-state index in [0.29, 0.717) is 17.7 Å². The van der Waals surface area contributed by atoms with Gasteiger partial charge in [0.25, 0.3) is 5.91 Å². The minimum absolute atomic E-state index is 0.143. The zero-order valence-electron chi connectivity index (χ0n) is 14.4. The molecule has 0 spiro atoms. The molecule has 0 bridgehead atoms. The number of nitrogens with one attached hydrogen (secondary N) is 1. The lowest BCUT2D eigenvalue weighted by molar-refractivity contribution is 0.0951. The van der Waals surface area contributed by atoms with E-state index >= 15 is 0 Å². The molecule has 1 aliphatic rings. The number of hydrogen-bond donors (Lipinski definition) is 1. The fraction of sp³-hybridized carbons (Fsp3) is 0.278. The molecule has 1 heterocycles. The molecular formula is C18H21N3O3S. The Balaban J connectivity index is 1.81. The molecule has 0 aliphatic carbocycles. The van der Waals surface area contributed by atoms with Crippen LogP contribution in [0.4, 0.5) is 11.4 Å². The van der Waals surface area contributed by atoms with Crippen molar-refractivity contribution in [2.45, 2.75) is 19.4 Å². The molecule has 1 aliphatic heterocycles. The molecule has 0 unspecified atom stereocenters. The molecule has 0 radical (unpaired) electrons. The van der Waals surface area contributed by atoms with Crippen molar-refractivity contribution in [2.24, 2.45) is 0 Å². The summed E-state index contributed by atoms with van der Waals surface area (Å²) < 4.78 is 25.4. The zero-order chi connectivity index (χ0) is 18.2. The van der Waals surface area contributed by atoms with Crippen LogP contribution in [0.25, 0.3) is 0 Å². The summed E-state index contributed by atoms with van der Waals surface area (Å²) in [6.45, 7) is 1.87. The lowest BCUT2D eigenvalue weighted by atomic mass is 10.1. The number of rotatable bonds is 4. The van der Waals surface area contributed by atoms with Crippen molar-refractivity contribution >= 4 is 27.3 Å². The lowest BCUT2D eigenvalue weighted by Crippen LogP contribution is -2.39. The largest absolute Gasteiger partial charge is 0.288 e. The fourth-order valence-corrected chi connectivity index (χ4v) is 4.45. The average molecular weight is 359 g/mol. The Kier molecular flexibility index (Phi) is 4.43. The second kappa shape index (κ2) is 6.40. The zero-order valence-corrected chi connectivity index (χ0v) is 15.2. The average Bonchev–Trinajstić information content (AvgIpc) is 2.90. The quantitative estimate of drug-likeness (QED) is 0.850. The Morgan fingerprint density at radius 1 is 1.20 bits per heavy atom. The van der Waals surface area contributed by atoms with E-state index < -0.39 is 10.0 Å². The van der Waals surface area contributed by atoms with E-state index in [1.54, 1.807) is 30.3 Å². The number of hydrazine groups is 1. The molecule has 2 aromatic rings. The number of benzene rings is 2. The van der Waals surface area contributed by atoms with E-state index in [0.717, 1.165) is 11.3 Å². The summed E-state index contributed by atoms with van der Waals surface area (Å²) in [6, 6.07) is 14.5. The highest BCUT2D eigenvalue weighted by molar-refractivity contribution is 7.92. The van der Waals surface area contributed by atoms with E-state index in [4.69, 9.17) is 0 Å². The van der Waals surface area contributed by atoms with Crippen molar-refractivity contribution in [3.8, 4) is 0 Å². The Hall–Kier alpha value is -2.54. The van der Waals surface area contributed by atoms with Gasteiger partial charge in [-0.15, -0.1) is 0 Å². The number of carbonyl (C=O) groups excluding carboxylic acids is 1. The van der Waals surface area contributed by atoms with E-state index in [1.807, 2.05) is 37.3 Å². The van der Waals surface area contributed by atoms with Crippen LogP contribution >= 0.6 is 0 Å². The summed E-state index contributed by atoms with van der Waals surface area (Å²) in [5.41, 5.74) is 5.72. The van der Waals surface area contributed by atoms with E-state index in [-0.39, 0.29) is 11.9 Å². The molecular weight excluding hydrogens is 338 g/mol. The summed E-state index contributed by atoms with van der Waals surface area (Å²) in [4.78, 5) is 12.5. The first kappa shape index (κ1) is 17.3. The summed E-state index contributed by atoms with van der Waals surface area (Å²) in [5, 5.41) is 1.65. The fourth-order valence-electron chi connectivity index (χ4n) is 3.18. The Morgan fingerprint density at radius 3 is 2.52 bits per heavy atom. The molecule has 1 atom stereocenters. The van der Waals surface area contributed by atoms with Gasteiger partial charge in [0.05, 0.1) is 17.6 Å². The maximum Gasteiger partial charge on any atom is 0.269 e. The second-order valence-corrected chi connectivity index (χ2v) is 8.15. The smallest absolute Gasteiger partial charge is 0.269 e. The highest BCUT2D eigenvalue weighted by Crippen LogP contribution is 2.34. The van der Waals surface area contributed by atoms with E-state index in [1.165, 1.54) is 10.6 Å². The van der Waals surface area contributed by atoms with Crippen molar-refractivity contribution in [2.75, 3.05) is 22.6 Å². The minimum Gasteiger partial charge on any atom is -0.288 e. The number of carbonyl (C=O) groups is 1. The summed E-state index contributed by atoms with van der Waals surface area (Å²) in [5.74, 6) is -0.236. The van der Waals surface area contributed by atoms with Gasteiger partial charge in [-0.2, -0.15) is 0 Å². The Morgan fingerprint density at radius 2 is 1.88 bits per heavy atom. The van der Waals surface area contributed by atoms with Gasteiger partial charge in [-0.3, -0.25) is 19.5 Å². The summed E-state index contributed by atoms with van der Waals surface area (Å²) >= 11 is 0. The topological polar surface area (TPSA) is 69.7 Å². The first-order chi connectivity index (χ1) is 11.8. The second-order valence-electron chi connectivity index (χ2n) is 6.29. The molecule has 0 saturated carbocycles. The van der Waals surface area contributed by atoms with Crippen molar-refractivity contribution in [1.29, 1.82) is 0 Å². The highest BCUT2D eigenvalue weighted by Gasteiger charge is 2.32. The van der Waals surface area contributed by atoms with Gasteiger partial charge in [0, 0.05) is 18.7 Å². The van der Waals surface area contributed by atoms with Crippen LogP contribution in [0.15, 0.2) is 48.5 Å². The van der Waals surface area contributed by atoms with Gasteiger partial charge in [0.2, 0.25) is 10.0 Å². The molecule has 7 heteroatoms. The molecule has 3 rings (SSSR count). The molecule has 25 heavy (non-hydrogen) atoms. The van der Waals surface area contributed by atoms with Crippen LogP contribution in [0.2, 0.25) is 0 Å². The van der Waals surface area contributed by atoms with Gasteiger partial charge in [0.1, 0.15) is 0 Å². The molecule has 0 saturated heterocycles. The van der Waals surface area contributed by atoms with Crippen LogP contribution in [-0.4, -0.2) is 33.7 Å². The predicted molar refractivity (Wildman–Crippen MR) is 99.2 cm³/mol. The number of hydrogen-bond acceptors (Lipinski definition) is 4. The van der Waals surface area contributed by atoms with Gasteiger partial charge < -0.3 is 0 Å². The van der Waals surface area contributed by atoms with Gasteiger partial charge >= 0.3 is 0 Å². The first-order valence-corrected chi connectivity index (χ1v) is 9.84. The predicted octanol–water partition coefficient (Wildman–Crippen LogP) is 2.18. The molecule has 2 aromatic carbocycles. The Labute approximate surface area is 148 Å². The molecule has 1 amide bonds. The summed E-state index contributed by atoms with van der Waals surface area (Å²) in [7, 11) is -1.56. The molecule has 0 aromatic heterocycles.